The lowest BCUT2D eigenvalue weighted by Gasteiger charge is -2.09. The maximum Gasteiger partial charge on any atom is 0.325 e. The second kappa shape index (κ2) is 7.88. The van der Waals surface area contributed by atoms with Crippen molar-refractivity contribution in [2.24, 2.45) is 0 Å². The Morgan fingerprint density at radius 1 is 1.08 bits per heavy atom. The molecule has 0 aliphatic carbocycles. The van der Waals surface area contributed by atoms with Crippen molar-refractivity contribution in [2.75, 3.05) is 24.9 Å². The fourth-order valence-electron chi connectivity index (χ4n) is 2.43. The second-order valence-corrected chi connectivity index (χ2v) is 6.36. The SMILES string of the molecule is COc1ccc(OC)c(-c2csc(NC(=O)Nc3ccccc3C)n2)c1. The molecule has 0 aliphatic rings. The zero-order chi connectivity index (χ0) is 18.5. The number of nitrogens with zero attached hydrogens (tertiary/aromatic N) is 1. The molecule has 6 nitrogen and oxygen atoms in total. The largest absolute Gasteiger partial charge is 0.497 e. The van der Waals surface area contributed by atoms with Gasteiger partial charge in [0, 0.05) is 16.6 Å². The molecule has 0 spiro atoms. The first-order chi connectivity index (χ1) is 12.6. The van der Waals surface area contributed by atoms with Crippen LogP contribution in [-0.2, 0) is 0 Å². The number of thiazole rings is 1. The van der Waals surface area contributed by atoms with Crippen LogP contribution in [0.5, 0.6) is 11.5 Å². The molecular weight excluding hydrogens is 350 g/mol. The van der Waals surface area contributed by atoms with Gasteiger partial charge in [-0.2, -0.15) is 0 Å². The van der Waals surface area contributed by atoms with E-state index < -0.39 is 0 Å². The van der Waals surface area contributed by atoms with E-state index in [9.17, 15) is 4.79 Å². The highest BCUT2D eigenvalue weighted by Crippen LogP contribution is 2.35. The third kappa shape index (κ3) is 3.94. The fourth-order valence-corrected chi connectivity index (χ4v) is 3.14. The molecular formula is C19H19N3O3S. The third-order valence-corrected chi connectivity index (χ3v) is 4.56. The Morgan fingerprint density at radius 2 is 1.88 bits per heavy atom. The summed E-state index contributed by atoms with van der Waals surface area (Å²) in [7, 11) is 3.21. The Balaban J connectivity index is 1.76. The van der Waals surface area contributed by atoms with E-state index in [4.69, 9.17) is 9.47 Å². The summed E-state index contributed by atoms with van der Waals surface area (Å²) in [5, 5.41) is 7.94. The van der Waals surface area contributed by atoms with Crippen LogP contribution in [0.15, 0.2) is 47.8 Å². The molecule has 0 radical (unpaired) electrons. The van der Waals surface area contributed by atoms with Gasteiger partial charge in [-0.3, -0.25) is 5.32 Å². The Morgan fingerprint density at radius 3 is 2.62 bits per heavy atom. The number of rotatable bonds is 5. The number of benzene rings is 2. The molecule has 0 saturated carbocycles. The van der Waals surface area contributed by atoms with Gasteiger partial charge in [-0.25, -0.2) is 9.78 Å². The first-order valence-corrected chi connectivity index (χ1v) is 8.80. The van der Waals surface area contributed by atoms with E-state index in [0.717, 1.165) is 16.8 Å². The predicted molar refractivity (Wildman–Crippen MR) is 104 cm³/mol. The van der Waals surface area contributed by atoms with Gasteiger partial charge in [0.05, 0.1) is 19.9 Å². The average Bonchev–Trinajstić information content (AvgIpc) is 3.11. The summed E-state index contributed by atoms with van der Waals surface area (Å²) < 4.78 is 10.7. The quantitative estimate of drug-likeness (QED) is 0.679. The van der Waals surface area contributed by atoms with Gasteiger partial charge >= 0.3 is 6.03 Å². The molecule has 2 amide bonds. The standard InChI is InChI=1S/C19H19N3O3S/c1-12-6-4-5-7-15(12)20-18(23)22-19-21-16(11-26-19)14-10-13(24-2)8-9-17(14)25-3/h4-11H,1-3H3,(H2,20,21,22,23). The van der Waals surface area contributed by atoms with Crippen molar-refractivity contribution in [3.63, 3.8) is 0 Å². The lowest BCUT2D eigenvalue weighted by atomic mass is 10.1. The van der Waals surface area contributed by atoms with Gasteiger partial charge in [-0.05, 0) is 36.8 Å². The van der Waals surface area contributed by atoms with Crippen molar-refractivity contribution in [3.05, 3.63) is 53.4 Å². The van der Waals surface area contributed by atoms with Gasteiger partial charge in [-0.15, -0.1) is 11.3 Å². The summed E-state index contributed by atoms with van der Waals surface area (Å²) in [5.41, 5.74) is 3.26. The molecule has 2 N–H and O–H groups in total. The molecule has 0 fully saturated rings. The summed E-state index contributed by atoms with van der Waals surface area (Å²) in [4.78, 5) is 16.7. The molecule has 0 aliphatic heterocycles. The monoisotopic (exact) mass is 369 g/mol. The van der Waals surface area contributed by atoms with Crippen molar-refractivity contribution in [3.8, 4) is 22.8 Å². The number of nitrogens with one attached hydrogen (secondary N) is 2. The van der Waals surface area contributed by atoms with E-state index in [1.54, 1.807) is 14.2 Å². The number of carbonyl (C=O) groups excluding carboxylic acids is 1. The molecule has 134 valence electrons. The van der Waals surface area contributed by atoms with E-state index in [2.05, 4.69) is 15.6 Å². The molecule has 3 aromatic rings. The molecule has 0 bridgehead atoms. The Bertz CT molecular complexity index is 924. The van der Waals surface area contributed by atoms with Crippen molar-refractivity contribution in [1.29, 1.82) is 0 Å². The van der Waals surface area contributed by atoms with Crippen LogP contribution in [0.3, 0.4) is 0 Å². The van der Waals surface area contributed by atoms with Gasteiger partial charge < -0.3 is 14.8 Å². The Hall–Kier alpha value is -3.06. The van der Waals surface area contributed by atoms with Crippen LogP contribution >= 0.6 is 11.3 Å². The molecule has 0 atom stereocenters. The smallest absolute Gasteiger partial charge is 0.325 e. The number of hydrogen-bond acceptors (Lipinski definition) is 5. The first kappa shape index (κ1) is 17.8. The number of ether oxygens (including phenoxy) is 2. The fraction of sp³-hybridized carbons (Fsp3) is 0.158. The first-order valence-electron chi connectivity index (χ1n) is 7.92. The number of methoxy groups -OCH3 is 2. The minimum Gasteiger partial charge on any atom is -0.497 e. The molecule has 1 heterocycles. The highest BCUT2D eigenvalue weighted by molar-refractivity contribution is 7.14. The number of aryl methyl sites for hydroxylation is 1. The maximum atomic E-state index is 12.2. The number of para-hydroxylation sites is 1. The van der Waals surface area contributed by atoms with Crippen molar-refractivity contribution < 1.29 is 14.3 Å². The van der Waals surface area contributed by atoms with Crippen LogP contribution in [0.1, 0.15) is 5.56 Å². The van der Waals surface area contributed by atoms with E-state index >= 15 is 0 Å². The lowest BCUT2D eigenvalue weighted by Crippen LogP contribution is -2.19. The van der Waals surface area contributed by atoms with Crippen molar-refractivity contribution in [1.82, 2.24) is 4.98 Å². The van der Waals surface area contributed by atoms with Crippen LogP contribution in [0.2, 0.25) is 0 Å². The number of anilines is 2. The van der Waals surface area contributed by atoms with E-state index in [1.807, 2.05) is 54.8 Å². The van der Waals surface area contributed by atoms with Gasteiger partial charge in [-0.1, -0.05) is 18.2 Å². The lowest BCUT2D eigenvalue weighted by molar-refractivity contribution is 0.262. The van der Waals surface area contributed by atoms with Crippen LogP contribution in [0.25, 0.3) is 11.3 Å². The van der Waals surface area contributed by atoms with Crippen LogP contribution < -0.4 is 20.1 Å². The number of amides is 2. The van der Waals surface area contributed by atoms with Gasteiger partial charge in [0.2, 0.25) is 0 Å². The molecule has 7 heteroatoms. The normalized spacial score (nSPS) is 10.3. The highest BCUT2D eigenvalue weighted by Gasteiger charge is 2.13. The number of aromatic nitrogens is 1. The number of urea groups is 1. The van der Waals surface area contributed by atoms with Crippen LogP contribution in [-0.4, -0.2) is 25.2 Å². The molecule has 3 rings (SSSR count). The topological polar surface area (TPSA) is 72.5 Å². The van der Waals surface area contributed by atoms with E-state index in [-0.39, 0.29) is 6.03 Å². The van der Waals surface area contributed by atoms with Gasteiger partial charge in [0.15, 0.2) is 5.13 Å². The summed E-state index contributed by atoms with van der Waals surface area (Å²) in [6.45, 7) is 1.94. The van der Waals surface area contributed by atoms with Gasteiger partial charge in [0.1, 0.15) is 11.5 Å². The zero-order valence-corrected chi connectivity index (χ0v) is 15.5. The number of carbonyl (C=O) groups is 1. The minimum atomic E-state index is -0.335. The summed E-state index contributed by atoms with van der Waals surface area (Å²) >= 11 is 1.34. The predicted octanol–water partition coefficient (Wildman–Crippen LogP) is 4.78. The molecule has 2 aromatic carbocycles. The van der Waals surface area contributed by atoms with Crippen molar-refractivity contribution in [2.45, 2.75) is 6.92 Å². The average molecular weight is 369 g/mol. The van der Waals surface area contributed by atoms with E-state index in [1.165, 1.54) is 11.3 Å². The molecule has 26 heavy (non-hydrogen) atoms. The third-order valence-electron chi connectivity index (χ3n) is 3.80. The van der Waals surface area contributed by atoms with Crippen LogP contribution in [0, 0.1) is 6.92 Å². The highest BCUT2D eigenvalue weighted by atomic mass is 32.1. The van der Waals surface area contributed by atoms with E-state index in [0.29, 0.717) is 22.3 Å². The second-order valence-electron chi connectivity index (χ2n) is 5.50. The minimum absolute atomic E-state index is 0.335. The maximum absolute atomic E-state index is 12.2. The Kier molecular flexibility index (Phi) is 5.38. The zero-order valence-electron chi connectivity index (χ0n) is 14.7. The summed E-state index contributed by atoms with van der Waals surface area (Å²) in [5.74, 6) is 1.40. The summed E-state index contributed by atoms with van der Waals surface area (Å²) in [6.07, 6.45) is 0. The van der Waals surface area contributed by atoms with Crippen molar-refractivity contribution >= 4 is 28.2 Å². The summed E-state index contributed by atoms with van der Waals surface area (Å²) in [6, 6.07) is 12.7. The molecule has 0 unspecified atom stereocenters. The van der Waals surface area contributed by atoms with Gasteiger partial charge in [0.25, 0.3) is 0 Å². The molecule has 0 saturated heterocycles. The van der Waals surface area contributed by atoms with Crippen LogP contribution in [0.4, 0.5) is 15.6 Å². The Labute approximate surface area is 155 Å². The number of hydrogen-bond donors (Lipinski definition) is 2. The molecule has 1 aromatic heterocycles.